The second-order valence-electron chi connectivity index (χ2n) is 4.80. The highest BCUT2D eigenvalue weighted by Gasteiger charge is 2.14. The van der Waals surface area contributed by atoms with Crippen molar-refractivity contribution >= 4 is 15.9 Å². The lowest BCUT2D eigenvalue weighted by molar-refractivity contribution is 0.503. The summed E-state index contributed by atoms with van der Waals surface area (Å²) in [7, 11) is -3.17. The zero-order chi connectivity index (χ0) is 15.5. The van der Waals surface area contributed by atoms with Crippen molar-refractivity contribution < 1.29 is 12.8 Å². The van der Waals surface area contributed by atoms with Crippen LogP contribution in [0.1, 0.15) is 37.8 Å². The van der Waals surface area contributed by atoms with Gasteiger partial charge in [-0.25, -0.2) is 8.42 Å². The van der Waals surface area contributed by atoms with Gasteiger partial charge in [-0.15, -0.1) is 5.10 Å². The van der Waals surface area contributed by atoms with Crippen LogP contribution in [0.15, 0.2) is 33.6 Å². The van der Waals surface area contributed by atoms with E-state index in [1.807, 2.05) is 13.8 Å². The molecule has 0 fully saturated rings. The SMILES string of the molecule is CCc1nnc(N[C@@H](CC)c2ccc(S(C)(=O)=O)cc2)o1. The maximum absolute atomic E-state index is 11.5. The van der Waals surface area contributed by atoms with Crippen LogP contribution in [-0.4, -0.2) is 24.9 Å². The Balaban J connectivity index is 2.17. The van der Waals surface area contributed by atoms with Crippen molar-refractivity contribution in [1.29, 1.82) is 0 Å². The van der Waals surface area contributed by atoms with Crippen molar-refractivity contribution in [1.82, 2.24) is 10.2 Å². The van der Waals surface area contributed by atoms with Crippen molar-refractivity contribution in [3.05, 3.63) is 35.7 Å². The summed E-state index contributed by atoms with van der Waals surface area (Å²) in [5.41, 5.74) is 0.973. The summed E-state index contributed by atoms with van der Waals surface area (Å²) in [6.07, 6.45) is 2.69. The monoisotopic (exact) mass is 309 g/mol. The van der Waals surface area contributed by atoms with E-state index in [9.17, 15) is 8.42 Å². The predicted molar refractivity (Wildman–Crippen MR) is 79.9 cm³/mol. The van der Waals surface area contributed by atoms with Crippen LogP contribution < -0.4 is 5.32 Å². The standard InChI is InChI=1S/C14H19N3O3S/c1-4-12(15-14-17-16-13(5-2)20-14)10-6-8-11(9-7-10)21(3,18)19/h6-9,12H,4-5H2,1-3H3,(H,15,17)/t12-/m0/s1. The molecule has 1 aromatic carbocycles. The summed E-state index contributed by atoms with van der Waals surface area (Å²) >= 11 is 0. The lowest BCUT2D eigenvalue weighted by atomic mass is 10.1. The topological polar surface area (TPSA) is 85.1 Å². The fourth-order valence-corrected chi connectivity index (χ4v) is 2.60. The molecule has 1 N–H and O–H groups in total. The molecule has 6 nitrogen and oxygen atoms in total. The molecule has 1 aromatic heterocycles. The third kappa shape index (κ3) is 3.81. The Hall–Kier alpha value is -1.89. The third-order valence-corrected chi connectivity index (χ3v) is 4.31. The summed E-state index contributed by atoms with van der Waals surface area (Å²) in [4.78, 5) is 0.312. The fraction of sp³-hybridized carbons (Fsp3) is 0.429. The molecular formula is C14H19N3O3S. The van der Waals surface area contributed by atoms with Gasteiger partial charge in [0, 0.05) is 12.7 Å². The maximum atomic E-state index is 11.5. The second kappa shape index (κ2) is 6.26. The summed E-state index contributed by atoms with van der Waals surface area (Å²) in [5, 5.41) is 11.0. The van der Waals surface area contributed by atoms with Gasteiger partial charge in [-0.2, -0.15) is 0 Å². The van der Waals surface area contributed by atoms with Crippen molar-refractivity contribution in [3.8, 4) is 0 Å². The number of nitrogens with zero attached hydrogens (tertiary/aromatic N) is 2. The quantitative estimate of drug-likeness (QED) is 0.883. The van der Waals surface area contributed by atoms with E-state index >= 15 is 0 Å². The zero-order valence-corrected chi connectivity index (χ0v) is 13.1. The Bertz CT molecular complexity index is 693. The van der Waals surface area contributed by atoms with Crippen LogP contribution in [0.5, 0.6) is 0 Å². The van der Waals surface area contributed by atoms with Crippen LogP contribution in [0, 0.1) is 0 Å². The molecule has 7 heteroatoms. The van der Waals surface area contributed by atoms with E-state index in [-0.39, 0.29) is 6.04 Å². The number of hydrogen-bond donors (Lipinski definition) is 1. The average Bonchev–Trinajstić information content (AvgIpc) is 2.92. The molecule has 0 aliphatic carbocycles. The Morgan fingerprint density at radius 3 is 2.33 bits per heavy atom. The minimum atomic E-state index is -3.17. The van der Waals surface area contributed by atoms with E-state index in [1.165, 1.54) is 6.26 Å². The largest absolute Gasteiger partial charge is 0.408 e. The summed E-state index contributed by atoms with van der Waals surface area (Å²) in [6.45, 7) is 3.97. The zero-order valence-electron chi connectivity index (χ0n) is 12.3. The molecule has 0 radical (unpaired) electrons. The van der Waals surface area contributed by atoms with E-state index in [0.717, 1.165) is 12.0 Å². The number of aryl methyl sites for hydroxylation is 1. The van der Waals surface area contributed by atoms with Gasteiger partial charge in [-0.05, 0) is 24.1 Å². The first-order valence-electron chi connectivity index (χ1n) is 6.83. The predicted octanol–water partition coefficient (Wildman–Crippen LogP) is 2.60. The van der Waals surface area contributed by atoms with Gasteiger partial charge in [-0.3, -0.25) is 0 Å². The number of rotatable bonds is 6. The first kappa shape index (κ1) is 15.5. The second-order valence-corrected chi connectivity index (χ2v) is 6.82. The third-order valence-electron chi connectivity index (χ3n) is 3.19. The molecule has 0 spiro atoms. The Kier molecular flexibility index (Phi) is 4.62. The van der Waals surface area contributed by atoms with Crippen LogP contribution in [-0.2, 0) is 16.3 Å². The smallest absolute Gasteiger partial charge is 0.315 e. The molecule has 21 heavy (non-hydrogen) atoms. The molecule has 0 saturated heterocycles. The fourth-order valence-electron chi connectivity index (χ4n) is 1.97. The minimum Gasteiger partial charge on any atom is -0.408 e. The van der Waals surface area contributed by atoms with Crippen LogP contribution in [0.2, 0.25) is 0 Å². The molecule has 114 valence electrons. The Morgan fingerprint density at radius 1 is 1.19 bits per heavy atom. The van der Waals surface area contributed by atoms with Crippen molar-refractivity contribution in [2.75, 3.05) is 11.6 Å². The molecule has 1 atom stereocenters. The highest BCUT2D eigenvalue weighted by atomic mass is 32.2. The Labute approximate surface area is 124 Å². The van der Waals surface area contributed by atoms with Gasteiger partial charge < -0.3 is 9.73 Å². The number of anilines is 1. The highest BCUT2D eigenvalue weighted by Crippen LogP contribution is 2.23. The highest BCUT2D eigenvalue weighted by molar-refractivity contribution is 7.90. The number of aromatic nitrogens is 2. The minimum absolute atomic E-state index is 0.0104. The lowest BCUT2D eigenvalue weighted by Crippen LogP contribution is -2.10. The number of nitrogens with one attached hydrogen (secondary N) is 1. The first-order chi connectivity index (χ1) is 9.94. The van der Waals surface area contributed by atoms with Gasteiger partial charge in [0.05, 0.1) is 10.9 Å². The van der Waals surface area contributed by atoms with Crippen LogP contribution in [0.4, 0.5) is 6.01 Å². The van der Waals surface area contributed by atoms with Gasteiger partial charge in [0.15, 0.2) is 9.84 Å². The summed E-state index contributed by atoms with van der Waals surface area (Å²) in [5.74, 6) is 0.583. The van der Waals surface area contributed by atoms with Gasteiger partial charge >= 0.3 is 6.01 Å². The van der Waals surface area contributed by atoms with Crippen molar-refractivity contribution in [2.24, 2.45) is 0 Å². The molecule has 1 heterocycles. The Morgan fingerprint density at radius 2 is 1.86 bits per heavy atom. The molecule has 2 rings (SSSR count). The van der Waals surface area contributed by atoms with Crippen LogP contribution in [0.25, 0.3) is 0 Å². The summed E-state index contributed by atoms with van der Waals surface area (Å²) in [6, 6.07) is 7.19. The van der Waals surface area contributed by atoms with Gasteiger partial charge in [0.25, 0.3) is 0 Å². The van der Waals surface area contributed by atoms with E-state index in [4.69, 9.17) is 4.42 Å². The molecule has 0 saturated carbocycles. The van der Waals surface area contributed by atoms with Gasteiger partial charge in [0.1, 0.15) is 0 Å². The van der Waals surface area contributed by atoms with Gasteiger partial charge in [0.2, 0.25) is 5.89 Å². The molecule has 0 aliphatic rings. The number of hydrogen-bond acceptors (Lipinski definition) is 6. The molecule has 0 unspecified atom stereocenters. The van der Waals surface area contributed by atoms with E-state index < -0.39 is 9.84 Å². The number of benzene rings is 1. The maximum Gasteiger partial charge on any atom is 0.315 e. The number of sulfone groups is 1. The average molecular weight is 309 g/mol. The van der Waals surface area contributed by atoms with Crippen LogP contribution in [0.3, 0.4) is 0 Å². The molecule has 0 bridgehead atoms. The lowest BCUT2D eigenvalue weighted by Gasteiger charge is -2.16. The van der Waals surface area contributed by atoms with E-state index in [1.54, 1.807) is 24.3 Å². The summed E-state index contributed by atoms with van der Waals surface area (Å²) < 4.78 is 28.4. The van der Waals surface area contributed by atoms with Gasteiger partial charge in [-0.1, -0.05) is 31.1 Å². The van der Waals surface area contributed by atoms with Crippen molar-refractivity contribution in [2.45, 2.75) is 37.6 Å². The van der Waals surface area contributed by atoms with E-state index in [2.05, 4.69) is 15.5 Å². The molecular weight excluding hydrogens is 290 g/mol. The molecule has 2 aromatic rings. The van der Waals surface area contributed by atoms with Crippen LogP contribution >= 0.6 is 0 Å². The molecule has 0 aliphatic heterocycles. The molecule has 0 amide bonds. The van der Waals surface area contributed by atoms with Crippen molar-refractivity contribution in [3.63, 3.8) is 0 Å². The first-order valence-corrected chi connectivity index (χ1v) is 8.72. The normalized spacial score (nSPS) is 13.1. The van der Waals surface area contributed by atoms with E-state index in [0.29, 0.717) is 23.2 Å².